The third kappa shape index (κ3) is 3.74. The topological polar surface area (TPSA) is 12.5 Å². The summed E-state index contributed by atoms with van der Waals surface area (Å²) in [5.74, 6) is 1.99. The fourth-order valence-electron chi connectivity index (χ4n) is 9.19. The lowest BCUT2D eigenvalue weighted by Crippen LogP contribution is -2.60. The van der Waals surface area contributed by atoms with Gasteiger partial charge in [-0.3, -0.25) is 0 Å². The summed E-state index contributed by atoms with van der Waals surface area (Å²) in [6.45, 7) is 22.1. The Morgan fingerprint density at radius 2 is 1.23 bits per heavy atom. The Morgan fingerprint density at radius 1 is 0.591 bits per heavy atom. The van der Waals surface area contributed by atoms with Gasteiger partial charge < -0.3 is 9.64 Å². The monoisotopic (exact) mass is 579 g/mol. The van der Waals surface area contributed by atoms with Gasteiger partial charge in [0.05, 0.1) is 5.69 Å². The van der Waals surface area contributed by atoms with Crippen LogP contribution in [-0.2, 0) is 21.7 Å². The lowest BCUT2D eigenvalue weighted by Gasteiger charge is -2.50. The van der Waals surface area contributed by atoms with Crippen molar-refractivity contribution in [1.82, 2.24) is 0 Å². The number of hydrogen-bond donors (Lipinski definition) is 0. The molecule has 2 nitrogen and oxygen atoms in total. The van der Waals surface area contributed by atoms with E-state index in [0.29, 0.717) is 0 Å². The molecule has 0 unspecified atom stereocenters. The SMILES string of the molecule is Cc1cc2c3c(c1)N(c1cccc4c1C(C)(C)CCC4(C)C)c1c(ccc4c1C(C)(C)CCC4(C)C)B3c1ccccc1O2. The van der Waals surface area contributed by atoms with Crippen LogP contribution in [0.5, 0.6) is 11.5 Å². The van der Waals surface area contributed by atoms with Crippen molar-refractivity contribution in [1.29, 1.82) is 0 Å². The van der Waals surface area contributed by atoms with Crippen molar-refractivity contribution >= 4 is 40.2 Å². The summed E-state index contributed by atoms with van der Waals surface area (Å²) < 4.78 is 6.75. The van der Waals surface area contributed by atoms with Gasteiger partial charge in [-0.05, 0) is 123 Å². The number of anilines is 3. The number of benzene rings is 4. The van der Waals surface area contributed by atoms with Crippen molar-refractivity contribution in [2.75, 3.05) is 4.90 Å². The zero-order chi connectivity index (χ0) is 31.0. The molecule has 0 fully saturated rings. The number of nitrogens with zero attached hydrogens (tertiary/aromatic N) is 1. The highest BCUT2D eigenvalue weighted by atomic mass is 16.5. The van der Waals surface area contributed by atoms with Crippen molar-refractivity contribution < 1.29 is 4.74 Å². The summed E-state index contributed by atoms with van der Waals surface area (Å²) in [5.41, 5.74) is 15.7. The maximum absolute atomic E-state index is 6.75. The molecule has 4 aromatic carbocycles. The molecule has 0 radical (unpaired) electrons. The highest BCUT2D eigenvalue weighted by molar-refractivity contribution is 6.99. The van der Waals surface area contributed by atoms with Gasteiger partial charge >= 0.3 is 0 Å². The first-order valence-electron chi connectivity index (χ1n) is 16.7. The fourth-order valence-corrected chi connectivity index (χ4v) is 9.19. The van der Waals surface area contributed by atoms with E-state index in [1.165, 1.54) is 87.0 Å². The van der Waals surface area contributed by atoms with E-state index in [1.54, 1.807) is 0 Å². The molecule has 2 aliphatic heterocycles. The van der Waals surface area contributed by atoms with E-state index in [1.807, 2.05) is 0 Å². The van der Waals surface area contributed by atoms with Crippen LogP contribution in [0.2, 0.25) is 0 Å². The lowest BCUT2D eigenvalue weighted by molar-refractivity contribution is 0.331. The van der Waals surface area contributed by atoms with Gasteiger partial charge in [0, 0.05) is 11.4 Å². The van der Waals surface area contributed by atoms with Crippen LogP contribution in [0.15, 0.2) is 66.7 Å². The minimum atomic E-state index is 0.0485. The standard InChI is InChI=1S/C41H46BNO/c1-25-23-31-36-33(24-25)44-32-16-11-10-14-28(32)42(36)29-18-17-27-35(41(8,9)22-20-39(27,4)5)37(29)43(31)30-15-12-13-26-34(30)40(6,7)21-19-38(26,2)3/h10-18,23-24H,19-22H2,1-9H3. The number of fused-ring (bicyclic) bond motifs is 7. The molecule has 0 spiro atoms. The van der Waals surface area contributed by atoms with Crippen molar-refractivity contribution in [3.05, 3.63) is 94.5 Å². The van der Waals surface area contributed by atoms with Gasteiger partial charge in [-0.2, -0.15) is 0 Å². The zero-order valence-electron chi connectivity index (χ0n) is 28.1. The van der Waals surface area contributed by atoms with Gasteiger partial charge in [0.2, 0.25) is 0 Å². The number of rotatable bonds is 1. The molecule has 3 heteroatoms. The molecule has 0 bridgehead atoms. The number of ether oxygens (including phenoxy) is 1. The molecule has 0 N–H and O–H groups in total. The molecule has 2 aliphatic carbocycles. The zero-order valence-corrected chi connectivity index (χ0v) is 28.1. The second-order valence-electron chi connectivity index (χ2n) is 16.8. The van der Waals surface area contributed by atoms with E-state index < -0.39 is 0 Å². The van der Waals surface area contributed by atoms with E-state index in [9.17, 15) is 0 Å². The molecule has 0 aromatic heterocycles. The van der Waals surface area contributed by atoms with E-state index >= 15 is 0 Å². The molecule has 2 heterocycles. The average Bonchev–Trinajstić information content (AvgIpc) is 2.97. The van der Waals surface area contributed by atoms with Crippen LogP contribution in [-0.4, -0.2) is 6.71 Å². The van der Waals surface area contributed by atoms with Gasteiger partial charge in [-0.25, -0.2) is 0 Å². The van der Waals surface area contributed by atoms with E-state index in [0.717, 1.165) is 11.5 Å². The summed E-state index contributed by atoms with van der Waals surface area (Å²) in [6.07, 6.45) is 4.77. The van der Waals surface area contributed by atoms with E-state index in [4.69, 9.17) is 4.74 Å². The van der Waals surface area contributed by atoms with Crippen molar-refractivity contribution in [2.45, 2.75) is 110 Å². The second-order valence-corrected chi connectivity index (χ2v) is 16.8. The van der Waals surface area contributed by atoms with Crippen LogP contribution in [0, 0.1) is 6.92 Å². The summed E-state index contributed by atoms with van der Waals surface area (Å²) in [7, 11) is 0. The Balaban J connectivity index is 1.55. The van der Waals surface area contributed by atoms with Gasteiger partial charge in [-0.1, -0.05) is 97.9 Å². The fraction of sp³-hybridized carbons (Fsp3) is 0.415. The first-order chi connectivity index (χ1) is 20.7. The Bertz CT molecular complexity index is 1880. The Morgan fingerprint density at radius 3 is 1.95 bits per heavy atom. The largest absolute Gasteiger partial charge is 0.458 e. The Kier molecular flexibility index (Phi) is 5.63. The van der Waals surface area contributed by atoms with Crippen LogP contribution in [0.4, 0.5) is 17.1 Å². The van der Waals surface area contributed by atoms with Crippen molar-refractivity contribution in [2.24, 2.45) is 0 Å². The van der Waals surface area contributed by atoms with Crippen LogP contribution in [0.1, 0.15) is 109 Å². The molecule has 0 saturated heterocycles. The molecule has 0 atom stereocenters. The summed E-state index contributed by atoms with van der Waals surface area (Å²) in [5, 5.41) is 0. The molecule has 44 heavy (non-hydrogen) atoms. The minimum absolute atomic E-state index is 0.0485. The Labute approximate surface area is 264 Å². The van der Waals surface area contributed by atoms with Gasteiger partial charge in [0.15, 0.2) is 0 Å². The van der Waals surface area contributed by atoms with Gasteiger partial charge in [-0.15, -0.1) is 0 Å². The maximum Gasteiger partial charge on any atom is 0.256 e. The number of para-hydroxylation sites is 1. The van der Waals surface area contributed by atoms with E-state index in [2.05, 4.69) is 134 Å². The second kappa shape index (κ2) is 8.84. The van der Waals surface area contributed by atoms with Crippen LogP contribution in [0.3, 0.4) is 0 Å². The molecule has 8 rings (SSSR count). The third-order valence-electron chi connectivity index (χ3n) is 11.8. The number of hydrogen-bond acceptors (Lipinski definition) is 2. The minimum Gasteiger partial charge on any atom is -0.458 e. The predicted octanol–water partition coefficient (Wildman–Crippen LogP) is 9.10. The molecule has 0 saturated carbocycles. The van der Waals surface area contributed by atoms with E-state index in [-0.39, 0.29) is 28.4 Å². The first-order valence-corrected chi connectivity index (χ1v) is 16.7. The molecular formula is C41H46BNO. The summed E-state index contributed by atoms with van der Waals surface area (Å²) in [6, 6.07) is 25.5. The Hall–Kier alpha value is -3.46. The van der Waals surface area contributed by atoms with Crippen LogP contribution >= 0.6 is 0 Å². The average molecular weight is 580 g/mol. The van der Waals surface area contributed by atoms with Crippen LogP contribution in [0.25, 0.3) is 0 Å². The highest BCUT2D eigenvalue weighted by Crippen LogP contribution is 2.56. The first kappa shape index (κ1) is 28.0. The lowest BCUT2D eigenvalue weighted by atomic mass is 9.33. The maximum atomic E-state index is 6.75. The summed E-state index contributed by atoms with van der Waals surface area (Å²) >= 11 is 0. The molecule has 4 aromatic rings. The third-order valence-corrected chi connectivity index (χ3v) is 11.8. The molecule has 4 aliphatic rings. The molecule has 224 valence electrons. The number of aryl methyl sites for hydroxylation is 1. The highest BCUT2D eigenvalue weighted by Gasteiger charge is 2.49. The van der Waals surface area contributed by atoms with Gasteiger partial charge in [0.25, 0.3) is 6.71 Å². The molecular weight excluding hydrogens is 533 g/mol. The normalized spacial score (nSPS) is 20.8. The van der Waals surface area contributed by atoms with Crippen LogP contribution < -0.4 is 26.0 Å². The summed E-state index contributed by atoms with van der Waals surface area (Å²) in [4.78, 5) is 2.71. The quantitative estimate of drug-likeness (QED) is 0.180. The predicted molar refractivity (Wildman–Crippen MR) is 188 cm³/mol. The molecule has 0 amide bonds. The van der Waals surface area contributed by atoms with Crippen molar-refractivity contribution in [3.8, 4) is 11.5 Å². The smallest absolute Gasteiger partial charge is 0.256 e. The van der Waals surface area contributed by atoms with Gasteiger partial charge in [0.1, 0.15) is 11.5 Å². The van der Waals surface area contributed by atoms with Crippen molar-refractivity contribution in [3.63, 3.8) is 0 Å².